The van der Waals surface area contributed by atoms with Crippen LogP contribution in [0.1, 0.15) is 4.88 Å². The van der Waals surface area contributed by atoms with Crippen molar-refractivity contribution in [3.63, 3.8) is 0 Å². The van der Waals surface area contributed by atoms with Gasteiger partial charge in [0.1, 0.15) is 5.75 Å². The Morgan fingerprint density at radius 2 is 2.00 bits per heavy atom. The Labute approximate surface area is 104 Å². The summed E-state index contributed by atoms with van der Waals surface area (Å²) < 4.78 is 10.2. The standard InChI is InChI=1S/C12H14N2O2S/c1-8-11(14-12(13)17-8)9-3-5-10(6-4-9)16-7-15-2/h3-6H,7H2,1-2H3,(H2,13,14). The summed E-state index contributed by atoms with van der Waals surface area (Å²) in [5.74, 6) is 0.774. The van der Waals surface area contributed by atoms with Gasteiger partial charge >= 0.3 is 0 Å². The molecule has 0 spiro atoms. The van der Waals surface area contributed by atoms with Gasteiger partial charge in [-0.1, -0.05) is 0 Å². The fourth-order valence-electron chi connectivity index (χ4n) is 1.52. The number of aryl methyl sites for hydroxylation is 1. The van der Waals surface area contributed by atoms with Gasteiger partial charge in [0.15, 0.2) is 11.9 Å². The van der Waals surface area contributed by atoms with Gasteiger partial charge < -0.3 is 15.2 Å². The fraction of sp³-hybridized carbons (Fsp3) is 0.250. The molecule has 1 heterocycles. The van der Waals surface area contributed by atoms with Crippen LogP contribution >= 0.6 is 11.3 Å². The van der Waals surface area contributed by atoms with Crippen molar-refractivity contribution in [2.24, 2.45) is 0 Å². The number of benzene rings is 1. The van der Waals surface area contributed by atoms with E-state index in [1.807, 2.05) is 31.2 Å². The number of anilines is 1. The van der Waals surface area contributed by atoms with E-state index in [9.17, 15) is 0 Å². The highest BCUT2D eigenvalue weighted by molar-refractivity contribution is 7.15. The summed E-state index contributed by atoms with van der Waals surface area (Å²) in [6.45, 7) is 2.26. The average Bonchev–Trinajstić information content (AvgIpc) is 2.66. The lowest BCUT2D eigenvalue weighted by Gasteiger charge is -2.05. The molecule has 0 atom stereocenters. The Morgan fingerprint density at radius 3 is 2.53 bits per heavy atom. The Balaban J connectivity index is 2.20. The molecule has 0 aliphatic heterocycles. The minimum Gasteiger partial charge on any atom is -0.468 e. The molecule has 90 valence electrons. The van der Waals surface area contributed by atoms with Crippen LogP contribution in [-0.4, -0.2) is 18.9 Å². The molecular weight excluding hydrogens is 236 g/mol. The van der Waals surface area contributed by atoms with E-state index in [4.69, 9.17) is 15.2 Å². The number of nitrogens with two attached hydrogens (primary N) is 1. The molecule has 0 radical (unpaired) electrons. The molecule has 2 aromatic rings. The highest BCUT2D eigenvalue weighted by atomic mass is 32.1. The molecule has 5 heteroatoms. The zero-order valence-electron chi connectivity index (χ0n) is 9.77. The van der Waals surface area contributed by atoms with Gasteiger partial charge in [-0.15, -0.1) is 11.3 Å². The van der Waals surface area contributed by atoms with Gasteiger partial charge in [-0.05, 0) is 31.2 Å². The minimum atomic E-state index is 0.252. The van der Waals surface area contributed by atoms with Gasteiger partial charge in [0.25, 0.3) is 0 Å². The van der Waals surface area contributed by atoms with E-state index >= 15 is 0 Å². The van der Waals surface area contributed by atoms with Crippen molar-refractivity contribution < 1.29 is 9.47 Å². The Hall–Kier alpha value is -1.59. The van der Waals surface area contributed by atoms with Gasteiger partial charge in [-0.3, -0.25) is 0 Å². The maximum Gasteiger partial charge on any atom is 0.188 e. The minimum absolute atomic E-state index is 0.252. The summed E-state index contributed by atoms with van der Waals surface area (Å²) >= 11 is 1.50. The number of nitrogens with zero attached hydrogens (tertiary/aromatic N) is 1. The van der Waals surface area contributed by atoms with Gasteiger partial charge in [0.05, 0.1) is 5.69 Å². The number of rotatable bonds is 4. The molecule has 17 heavy (non-hydrogen) atoms. The summed E-state index contributed by atoms with van der Waals surface area (Å²) in [5.41, 5.74) is 7.66. The largest absolute Gasteiger partial charge is 0.468 e. The molecule has 2 N–H and O–H groups in total. The highest BCUT2D eigenvalue weighted by Gasteiger charge is 2.07. The first-order valence-electron chi connectivity index (χ1n) is 5.16. The summed E-state index contributed by atoms with van der Waals surface area (Å²) in [7, 11) is 1.59. The number of ether oxygens (including phenoxy) is 2. The van der Waals surface area contributed by atoms with E-state index in [-0.39, 0.29) is 6.79 Å². The average molecular weight is 250 g/mol. The molecule has 0 saturated heterocycles. The van der Waals surface area contributed by atoms with E-state index in [1.54, 1.807) is 7.11 Å². The van der Waals surface area contributed by atoms with Crippen molar-refractivity contribution >= 4 is 16.5 Å². The summed E-state index contributed by atoms with van der Waals surface area (Å²) in [5, 5.41) is 0.595. The molecule has 1 aromatic heterocycles. The number of nitrogen functional groups attached to an aromatic ring is 1. The first kappa shape index (κ1) is 11.9. The normalized spacial score (nSPS) is 10.5. The topological polar surface area (TPSA) is 57.4 Å². The number of methoxy groups -OCH3 is 1. The third-order valence-electron chi connectivity index (χ3n) is 2.28. The van der Waals surface area contributed by atoms with E-state index in [1.165, 1.54) is 11.3 Å². The molecule has 0 fully saturated rings. The molecule has 0 bridgehead atoms. The van der Waals surface area contributed by atoms with E-state index < -0.39 is 0 Å². The molecule has 4 nitrogen and oxygen atoms in total. The van der Waals surface area contributed by atoms with Gasteiger partial charge in [0.2, 0.25) is 0 Å². The summed E-state index contributed by atoms with van der Waals surface area (Å²) in [6.07, 6.45) is 0. The first-order valence-corrected chi connectivity index (χ1v) is 5.97. The molecular formula is C12H14N2O2S. The summed E-state index contributed by atoms with van der Waals surface area (Å²) in [4.78, 5) is 5.42. The number of aromatic nitrogens is 1. The Morgan fingerprint density at radius 1 is 1.29 bits per heavy atom. The maximum atomic E-state index is 5.68. The predicted octanol–water partition coefficient (Wildman–Crippen LogP) is 2.68. The lowest BCUT2D eigenvalue weighted by molar-refractivity contribution is 0.0511. The van der Waals surface area contributed by atoms with Crippen LogP contribution in [0.15, 0.2) is 24.3 Å². The van der Waals surface area contributed by atoms with Crippen molar-refractivity contribution in [2.75, 3.05) is 19.6 Å². The monoisotopic (exact) mass is 250 g/mol. The molecule has 0 aliphatic carbocycles. The van der Waals surface area contributed by atoms with Crippen molar-refractivity contribution in [1.82, 2.24) is 4.98 Å². The predicted molar refractivity (Wildman–Crippen MR) is 69.2 cm³/mol. The molecule has 0 saturated carbocycles. The van der Waals surface area contributed by atoms with Crippen molar-refractivity contribution in [3.8, 4) is 17.0 Å². The Bertz CT molecular complexity index is 494. The quantitative estimate of drug-likeness (QED) is 0.848. The third kappa shape index (κ3) is 2.75. The van der Waals surface area contributed by atoms with Crippen LogP contribution in [0.5, 0.6) is 5.75 Å². The fourth-order valence-corrected chi connectivity index (χ4v) is 2.23. The SMILES string of the molecule is COCOc1ccc(-c2nc(N)sc2C)cc1. The van der Waals surface area contributed by atoms with Crippen molar-refractivity contribution in [1.29, 1.82) is 0 Å². The Kier molecular flexibility index (Phi) is 3.61. The van der Waals surface area contributed by atoms with Crippen molar-refractivity contribution in [2.45, 2.75) is 6.92 Å². The van der Waals surface area contributed by atoms with Crippen LogP contribution in [0.3, 0.4) is 0 Å². The zero-order chi connectivity index (χ0) is 12.3. The molecule has 0 unspecified atom stereocenters. The van der Waals surface area contributed by atoms with Crippen LogP contribution in [0.4, 0.5) is 5.13 Å². The smallest absolute Gasteiger partial charge is 0.188 e. The second-order valence-corrected chi connectivity index (χ2v) is 4.77. The summed E-state index contributed by atoms with van der Waals surface area (Å²) in [6, 6.07) is 7.71. The van der Waals surface area contributed by atoms with E-state index in [0.717, 1.165) is 21.9 Å². The van der Waals surface area contributed by atoms with E-state index in [2.05, 4.69) is 4.98 Å². The number of thiazole rings is 1. The first-order chi connectivity index (χ1) is 8.20. The molecule has 1 aromatic carbocycles. The van der Waals surface area contributed by atoms with Gasteiger partial charge in [-0.2, -0.15) is 0 Å². The molecule has 0 amide bonds. The number of hydrogen-bond acceptors (Lipinski definition) is 5. The van der Waals surface area contributed by atoms with Crippen LogP contribution < -0.4 is 10.5 Å². The van der Waals surface area contributed by atoms with Gasteiger partial charge in [-0.25, -0.2) is 4.98 Å². The van der Waals surface area contributed by atoms with Crippen LogP contribution in [0.2, 0.25) is 0 Å². The van der Waals surface area contributed by atoms with Crippen molar-refractivity contribution in [3.05, 3.63) is 29.1 Å². The lowest BCUT2D eigenvalue weighted by atomic mass is 10.1. The lowest BCUT2D eigenvalue weighted by Crippen LogP contribution is -1.98. The second-order valence-electron chi connectivity index (χ2n) is 3.53. The third-order valence-corrected chi connectivity index (χ3v) is 3.08. The van der Waals surface area contributed by atoms with Crippen LogP contribution in [0.25, 0.3) is 11.3 Å². The molecule has 0 aliphatic rings. The van der Waals surface area contributed by atoms with Crippen LogP contribution in [0, 0.1) is 6.92 Å². The molecule has 2 rings (SSSR count). The number of hydrogen-bond donors (Lipinski definition) is 1. The van der Waals surface area contributed by atoms with Gasteiger partial charge in [0, 0.05) is 17.6 Å². The maximum absolute atomic E-state index is 5.68. The zero-order valence-corrected chi connectivity index (χ0v) is 10.6. The van der Waals surface area contributed by atoms with Crippen LogP contribution in [-0.2, 0) is 4.74 Å². The highest BCUT2D eigenvalue weighted by Crippen LogP contribution is 2.29. The van der Waals surface area contributed by atoms with E-state index in [0.29, 0.717) is 5.13 Å². The second kappa shape index (κ2) is 5.16.